The van der Waals surface area contributed by atoms with Gasteiger partial charge in [-0.3, -0.25) is 4.79 Å². The first-order chi connectivity index (χ1) is 18.0. The van der Waals surface area contributed by atoms with Gasteiger partial charge in [0.15, 0.2) is 6.10 Å². The molecule has 37 heavy (non-hydrogen) atoms. The molecule has 6 nitrogen and oxygen atoms in total. The Hall–Kier alpha value is -3.35. The number of benzene rings is 3. The van der Waals surface area contributed by atoms with E-state index < -0.39 is 18.1 Å². The highest BCUT2D eigenvalue weighted by molar-refractivity contribution is 6.32. The number of nitrogens with zero attached hydrogens (tertiary/aromatic N) is 1. The molecule has 0 radical (unpaired) electrons. The van der Waals surface area contributed by atoms with Crippen LogP contribution in [-0.4, -0.2) is 34.0 Å². The van der Waals surface area contributed by atoms with E-state index in [9.17, 15) is 14.7 Å². The van der Waals surface area contributed by atoms with Crippen molar-refractivity contribution in [2.45, 2.75) is 63.5 Å². The number of fused-ring (bicyclic) bond motifs is 1. The van der Waals surface area contributed by atoms with Crippen LogP contribution in [0.5, 0.6) is 5.75 Å². The summed E-state index contributed by atoms with van der Waals surface area (Å²) in [6, 6.07) is 21.6. The van der Waals surface area contributed by atoms with Crippen molar-refractivity contribution in [2.75, 3.05) is 0 Å². The van der Waals surface area contributed by atoms with E-state index in [1.165, 1.54) is 4.90 Å². The molecule has 3 aromatic rings. The number of carboxylic acid groups (broad SMARTS) is 1. The summed E-state index contributed by atoms with van der Waals surface area (Å²) in [4.78, 5) is 27.8. The summed E-state index contributed by atoms with van der Waals surface area (Å²) in [6.45, 7) is 0.448. The number of amides is 1. The summed E-state index contributed by atoms with van der Waals surface area (Å²) in [6.07, 6.45) is 3.19. The molecule has 7 heteroatoms. The van der Waals surface area contributed by atoms with E-state index in [0.717, 1.165) is 47.9 Å². The van der Waals surface area contributed by atoms with Gasteiger partial charge < -0.3 is 19.5 Å². The van der Waals surface area contributed by atoms with Gasteiger partial charge in [0.2, 0.25) is 0 Å². The van der Waals surface area contributed by atoms with Crippen LogP contribution >= 0.6 is 11.6 Å². The fourth-order valence-corrected chi connectivity index (χ4v) is 5.45. The van der Waals surface area contributed by atoms with Crippen molar-refractivity contribution in [1.82, 2.24) is 4.90 Å². The third kappa shape index (κ3) is 5.65. The van der Waals surface area contributed by atoms with Crippen LogP contribution in [0.25, 0.3) is 0 Å². The fraction of sp³-hybridized carbons (Fsp3) is 0.333. The molecule has 1 aliphatic heterocycles. The second-order valence-corrected chi connectivity index (χ2v) is 10.1. The summed E-state index contributed by atoms with van der Waals surface area (Å²) < 4.78 is 12.4. The van der Waals surface area contributed by atoms with Crippen LogP contribution in [0.3, 0.4) is 0 Å². The molecule has 1 aliphatic carbocycles. The van der Waals surface area contributed by atoms with Gasteiger partial charge in [0.05, 0.1) is 11.1 Å². The molecule has 1 saturated carbocycles. The number of carbonyl (C=O) groups is 2. The Kier molecular flexibility index (Phi) is 7.77. The fourth-order valence-electron chi connectivity index (χ4n) is 5.22. The highest BCUT2D eigenvalue weighted by atomic mass is 35.5. The van der Waals surface area contributed by atoms with E-state index in [1.807, 2.05) is 66.7 Å². The van der Waals surface area contributed by atoms with Crippen LogP contribution in [0, 0.1) is 0 Å². The van der Waals surface area contributed by atoms with E-state index in [1.54, 1.807) is 6.07 Å². The number of halogens is 1. The molecule has 0 aromatic heterocycles. The predicted molar refractivity (Wildman–Crippen MR) is 140 cm³/mol. The van der Waals surface area contributed by atoms with Gasteiger partial charge in [-0.05, 0) is 35.6 Å². The molecule has 0 unspecified atom stereocenters. The van der Waals surface area contributed by atoms with Gasteiger partial charge in [0.25, 0.3) is 5.91 Å². The minimum absolute atomic E-state index is 0.00805. The Morgan fingerprint density at radius 1 is 0.973 bits per heavy atom. The van der Waals surface area contributed by atoms with Crippen LogP contribution in [0.2, 0.25) is 5.02 Å². The Bertz CT molecular complexity index is 1240. The lowest BCUT2D eigenvalue weighted by Gasteiger charge is -2.37. The minimum Gasteiger partial charge on any atom is -0.487 e. The first-order valence-corrected chi connectivity index (χ1v) is 13.1. The molecule has 192 valence electrons. The number of ether oxygens (including phenoxy) is 2. The lowest BCUT2D eigenvalue weighted by atomic mass is 9.92. The molecule has 1 heterocycles. The molecule has 1 amide bonds. The van der Waals surface area contributed by atoms with Crippen molar-refractivity contribution in [3.8, 4) is 5.75 Å². The van der Waals surface area contributed by atoms with Gasteiger partial charge >= 0.3 is 5.97 Å². The molecule has 3 aromatic carbocycles. The Balaban J connectivity index is 1.44. The molecular formula is C30H30ClNO5. The number of hydrogen-bond donors (Lipinski definition) is 1. The number of carbonyl (C=O) groups excluding carboxylic acids is 1. The first-order valence-electron chi connectivity index (χ1n) is 12.7. The molecule has 1 N–H and O–H groups in total. The van der Waals surface area contributed by atoms with E-state index in [-0.39, 0.29) is 25.0 Å². The maximum Gasteiger partial charge on any atom is 0.326 e. The van der Waals surface area contributed by atoms with Crippen molar-refractivity contribution in [2.24, 2.45) is 0 Å². The molecule has 5 rings (SSSR count). The van der Waals surface area contributed by atoms with Gasteiger partial charge in [-0.2, -0.15) is 0 Å². The zero-order valence-corrected chi connectivity index (χ0v) is 21.3. The molecule has 0 bridgehead atoms. The normalized spacial score (nSPS) is 18.3. The molecule has 1 fully saturated rings. The Morgan fingerprint density at radius 2 is 1.65 bits per heavy atom. The average Bonchev–Trinajstić information content (AvgIpc) is 3.44. The number of carboxylic acids is 1. The quantitative estimate of drug-likeness (QED) is 0.397. The SMILES string of the molecule is O=C(O)[C@@H]1Cc2c(ccc(Cl)c2OCc2ccccc2)CN1C(=O)[C@H](OC1CCCC1)c1ccccc1. The van der Waals surface area contributed by atoms with Crippen molar-refractivity contribution in [3.63, 3.8) is 0 Å². The second kappa shape index (κ2) is 11.4. The third-order valence-corrected chi connectivity index (χ3v) is 7.47. The van der Waals surface area contributed by atoms with E-state index in [4.69, 9.17) is 21.1 Å². The van der Waals surface area contributed by atoms with Crippen LogP contribution in [0.15, 0.2) is 72.8 Å². The van der Waals surface area contributed by atoms with Gasteiger partial charge in [-0.1, -0.05) is 91.2 Å². The van der Waals surface area contributed by atoms with Crippen LogP contribution in [0.1, 0.15) is 54.0 Å². The highest BCUT2D eigenvalue weighted by Crippen LogP contribution is 2.39. The zero-order chi connectivity index (χ0) is 25.8. The third-order valence-electron chi connectivity index (χ3n) is 7.18. The monoisotopic (exact) mass is 519 g/mol. The summed E-state index contributed by atoms with van der Waals surface area (Å²) >= 11 is 6.51. The van der Waals surface area contributed by atoms with Gasteiger partial charge in [0, 0.05) is 18.5 Å². The van der Waals surface area contributed by atoms with Crippen molar-refractivity contribution < 1.29 is 24.2 Å². The summed E-state index contributed by atoms with van der Waals surface area (Å²) in [5.74, 6) is -0.929. The molecule has 2 aliphatic rings. The van der Waals surface area contributed by atoms with Crippen molar-refractivity contribution in [1.29, 1.82) is 0 Å². The highest BCUT2D eigenvalue weighted by Gasteiger charge is 2.40. The second-order valence-electron chi connectivity index (χ2n) is 9.65. The maximum atomic E-state index is 14.0. The standard InChI is InChI=1S/C30H30ClNO5/c31-25-16-15-22-18-32(29(33)27(21-11-5-2-6-12-21)37-23-13-7-8-14-23)26(30(34)35)17-24(22)28(25)36-19-20-9-3-1-4-10-20/h1-6,9-12,15-16,23,26-27H,7-8,13-14,17-19H2,(H,34,35)/t26-,27+/m0/s1. The summed E-state index contributed by atoms with van der Waals surface area (Å²) in [5.41, 5.74) is 3.27. The van der Waals surface area contributed by atoms with Gasteiger partial charge in [-0.25, -0.2) is 4.79 Å². The van der Waals surface area contributed by atoms with Crippen molar-refractivity contribution >= 4 is 23.5 Å². The molecular weight excluding hydrogens is 490 g/mol. The van der Waals surface area contributed by atoms with Gasteiger partial charge in [0.1, 0.15) is 18.4 Å². The van der Waals surface area contributed by atoms with Crippen molar-refractivity contribution in [3.05, 3.63) is 100 Å². The maximum absolute atomic E-state index is 14.0. The summed E-state index contributed by atoms with van der Waals surface area (Å²) in [5, 5.41) is 10.6. The van der Waals surface area contributed by atoms with E-state index >= 15 is 0 Å². The largest absolute Gasteiger partial charge is 0.487 e. The zero-order valence-electron chi connectivity index (χ0n) is 20.5. The molecule has 2 atom stereocenters. The van der Waals surface area contributed by atoms with Crippen LogP contribution < -0.4 is 4.74 Å². The molecule has 0 saturated heterocycles. The topological polar surface area (TPSA) is 76.1 Å². The van der Waals surface area contributed by atoms with Gasteiger partial charge in [-0.15, -0.1) is 0 Å². The van der Waals surface area contributed by atoms with Crippen LogP contribution in [-0.2, 0) is 33.9 Å². The van der Waals surface area contributed by atoms with E-state index in [2.05, 4.69) is 0 Å². The Morgan fingerprint density at radius 3 is 2.32 bits per heavy atom. The summed E-state index contributed by atoms with van der Waals surface area (Å²) in [7, 11) is 0. The van der Waals surface area contributed by atoms with Crippen LogP contribution in [0.4, 0.5) is 0 Å². The minimum atomic E-state index is -1.07. The number of rotatable bonds is 8. The lowest BCUT2D eigenvalue weighted by Crippen LogP contribution is -2.50. The van der Waals surface area contributed by atoms with E-state index in [0.29, 0.717) is 17.4 Å². The Labute approximate surface area is 221 Å². The smallest absolute Gasteiger partial charge is 0.326 e. The lowest BCUT2D eigenvalue weighted by molar-refractivity contribution is -0.160. The average molecular weight is 520 g/mol. The molecule has 0 spiro atoms. The number of hydrogen-bond acceptors (Lipinski definition) is 4. The first kappa shape index (κ1) is 25.3. The predicted octanol–water partition coefficient (Wildman–Crippen LogP) is 5.96. The number of aliphatic carboxylic acids is 1.